The molecule has 2 amide bonds. The van der Waals surface area contributed by atoms with Gasteiger partial charge in [-0.3, -0.25) is 9.59 Å². The van der Waals surface area contributed by atoms with E-state index < -0.39 is 26.2 Å². The van der Waals surface area contributed by atoms with E-state index >= 15 is 4.11 Å². The lowest BCUT2D eigenvalue weighted by Crippen LogP contribution is -2.48. The van der Waals surface area contributed by atoms with Crippen LogP contribution in [0.25, 0.3) is 0 Å². The van der Waals surface area contributed by atoms with Gasteiger partial charge in [0.2, 0.25) is 20.2 Å². The molecule has 5 atom stereocenters. The summed E-state index contributed by atoms with van der Waals surface area (Å²) in [7, 11) is -1.79. The van der Waals surface area contributed by atoms with Crippen molar-refractivity contribution in [3.05, 3.63) is 59.7 Å². The van der Waals surface area contributed by atoms with Gasteiger partial charge in [0.05, 0.1) is 18.8 Å². The van der Waals surface area contributed by atoms with Gasteiger partial charge in [-0.15, -0.1) is 0 Å². The Kier molecular flexibility index (Phi) is 9.99. The molecule has 2 aromatic carbocycles. The fourth-order valence-electron chi connectivity index (χ4n) is 5.88. The Morgan fingerprint density at radius 1 is 1.25 bits per heavy atom. The topological polar surface area (TPSA) is 100 Å². The minimum atomic E-state index is -3.41. The standard InChI is InChI=1S/C30H42FN3O5Si/c1-20-28(38-2)23-17-22(33-30(37)24-11-8-14-32-24)12-13-25(23)39-29(20)26(40(3,4)31)18-27(36)34(15-16-35)19-21-9-6-5-7-10-21/h5-7,9-10,12-13,17,20,24,26,28-29,32,35H,8,11,14-16,18-19H2,1-4H3,(H,33,37)/t20-,24+,26?,28-,29-/m0/s1. The first-order valence-electron chi connectivity index (χ1n) is 14.1. The zero-order valence-electron chi connectivity index (χ0n) is 23.9. The molecule has 2 aromatic rings. The van der Waals surface area contributed by atoms with Crippen molar-refractivity contribution in [2.24, 2.45) is 5.92 Å². The summed E-state index contributed by atoms with van der Waals surface area (Å²) in [4.78, 5) is 27.8. The van der Waals surface area contributed by atoms with Crippen molar-refractivity contribution in [3.63, 3.8) is 0 Å². The average molecular weight is 572 g/mol. The van der Waals surface area contributed by atoms with Crippen molar-refractivity contribution >= 4 is 25.9 Å². The number of halogens is 1. The first-order valence-corrected chi connectivity index (χ1v) is 17.1. The van der Waals surface area contributed by atoms with Crippen molar-refractivity contribution in [3.8, 4) is 5.75 Å². The van der Waals surface area contributed by atoms with Gasteiger partial charge in [-0.1, -0.05) is 37.3 Å². The van der Waals surface area contributed by atoms with Crippen LogP contribution >= 0.6 is 0 Å². The largest absolute Gasteiger partial charge is 0.490 e. The van der Waals surface area contributed by atoms with Crippen molar-refractivity contribution in [2.45, 2.75) is 69.6 Å². The van der Waals surface area contributed by atoms with E-state index in [-0.39, 0.29) is 43.3 Å². The molecule has 0 spiro atoms. The number of carbonyl (C=O) groups is 2. The Morgan fingerprint density at radius 3 is 2.62 bits per heavy atom. The summed E-state index contributed by atoms with van der Waals surface area (Å²) in [5, 5.41) is 15.8. The molecule has 1 unspecified atom stereocenters. The smallest absolute Gasteiger partial charge is 0.248 e. The molecule has 2 aliphatic rings. The van der Waals surface area contributed by atoms with E-state index in [4.69, 9.17) is 9.47 Å². The van der Waals surface area contributed by atoms with E-state index in [2.05, 4.69) is 10.6 Å². The van der Waals surface area contributed by atoms with E-state index in [1.165, 1.54) is 0 Å². The average Bonchev–Trinajstić information content (AvgIpc) is 3.47. The van der Waals surface area contributed by atoms with Gasteiger partial charge in [-0.2, -0.15) is 0 Å². The highest BCUT2D eigenvalue weighted by atomic mass is 28.4. The van der Waals surface area contributed by atoms with E-state index in [1.807, 2.05) is 43.3 Å². The second-order valence-corrected chi connectivity index (χ2v) is 15.3. The third-order valence-corrected chi connectivity index (χ3v) is 10.4. The van der Waals surface area contributed by atoms with Gasteiger partial charge in [-0.25, -0.2) is 0 Å². The Balaban J connectivity index is 1.55. The van der Waals surface area contributed by atoms with Crippen LogP contribution in [0.5, 0.6) is 5.75 Å². The number of methoxy groups -OCH3 is 1. The fourth-order valence-corrected chi connectivity index (χ4v) is 7.69. The SMILES string of the molecule is CO[C@@H]1c2cc(NC(=O)[C@H]3CCCN3)ccc2O[C@H](C(CC(=O)N(CCO)Cc2ccccc2)[Si](C)(C)F)[C@H]1C. The highest BCUT2D eigenvalue weighted by molar-refractivity contribution is 6.72. The first kappa shape index (κ1) is 30.2. The number of amides is 2. The number of nitrogens with one attached hydrogen (secondary N) is 2. The van der Waals surface area contributed by atoms with Gasteiger partial charge >= 0.3 is 0 Å². The number of nitrogens with zero attached hydrogens (tertiary/aromatic N) is 1. The lowest BCUT2D eigenvalue weighted by molar-refractivity contribution is -0.133. The lowest BCUT2D eigenvalue weighted by Gasteiger charge is -2.43. The molecular formula is C30H42FN3O5Si. The molecule has 3 N–H and O–H groups in total. The normalized spacial score (nSPS) is 23.1. The molecule has 40 heavy (non-hydrogen) atoms. The maximum absolute atomic E-state index is 16.0. The minimum absolute atomic E-state index is 0.0220. The maximum Gasteiger partial charge on any atom is 0.248 e. The van der Waals surface area contributed by atoms with E-state index in [1.54, 1.807) is 37.2 Å². The highest BCUT2D eigenvalue weighted by Crippen LogP contribution is 2.48. The van der Waals surface area contributed by atoms with Crippen LogP contribution in [-0.2, 0) is 20.9 Å². The molecule has 1 fully saturated rings. The predicted molar refractivity (Wildman–Crippen MR) is 155 cm³/mol. The first-order chi connectivity index (χ1) is 19.1. The predicted octanol–water partition coefficient (Wildman–Crippen LogP) is 4.42. The number of aliphatic hydroxyl groups is 1. The summed E-state index contributed by atoms with van der Waals surface area (Å²) >= 11 is 0. The Hall–Kier alpha value is -2.79. The van der Waals surface area contributed by atoms with Crippen LogP contribution in [0.1, 0.15) is 43.4 Å². The van der Waals surface area contributed by atoms with Crippen LogP contribution in [0, 0.1) is 5.92 Å². The molecule has 218 valence electrons. The molecule has 0 aliphatic carbocycles. The Labute approximate surface area is 237 Å². The summed E-state index contributed by atoms with van der Waals surface area (Å²) < 4.78 is 28.3. The van der Waals surface area contributed by atoms with Crippen LogP contribution < -0.4 is 15.4 Å². The van der Waals surface area contributed by atoms with E-state index in [9.17, 15) is 14.7 Å². The van der Waals surface area contributed by atoms with Gasteiger partial charge in [0.25, 0.3) is 0 Å². The van der Waals surface area contributed by atoms with Crippen LogP contribution in [0.3, 0.4) is 0 Å². The maximum atomic E-state index is 16.0. The summed E-state index contributed by atoms with van der Waals surface area (Å²) in [5.41, 5.74) is 1.75. The monoisotopic (exact) mass is 571 g/mol. The molecule has 0 radical (unpaired) electrons. The molecule has 4 rings (SSSR count). The van der Waals surface area contributed by atoms with Crippen molar-refractivity contribution in [1.29, 1.82) is 0 Å². The van der Waals surface area contributed by atoms with Gasteiger partial charge in [0.15, 0.2) is 0 Å². The molecule has 2 heterocycles. The molecule has 10 heteroatoms. The van der Waals surface area contributed by atoms with Crippen LogP contribution in [-0.4, -0.2) is 69.2 Å². The minimum Gasteiger partial charge on any atom is -0.490 e. The number of anilines is 1. The number of fused-ring (bicyclic) bond motifs is 1. The number of hydrogen-bond donors (Lipinski definition) is 3. The number of carbonyl (C=O) groups excluding carboxylic acids is 2. The number of benzene rings is 2. The third kappa shape index (κ3) is 7.09. The van der Waals surface area contributed by atoms with E-state index in [0.717, 1.165) is 30.5 Å². The summed E-state index contributed by atoms with van der Waals surface area (Å²) in [6, 6.07) is 14.8. The Morgan fingerprint density at radius 2 is 2.00 bits per heavy atom. The zero-order chi connectivity index (χ0) is 28.9. The molecule has 0 saturated carbocycles. The van der Waals surface area contributed by atoms with Gasteiger partial charge in [0.1, 0.15) is 11.9 Å². The number of aliphatic hydroxyl groups excluding tert-OH is 1. The summed E-state index contributed by atoms with van der Waals surface area (Å²) in [6.07, 6.45) is 0.781. The van der Waals surface area contributed by atoms with Crippen molar-refractivity contribution in [2.75, 3.05) is 32.1 Å². The molecular weight excluding hydrogens is 529 g/mol. The van der Waals surface area contributed by atoms with E-state index in [0.29, 0.717) is 18.0 Å². The second kappa shape index (κ2) is 13.2. The van der Waals surface area contributed by atoms with Gasteiger partial charge in [-0.05, 0) is 56.2 Å². The van der Waals surface area contributed by atoms with Gasteiger partial charge < -0.3 is 34.2 Å². The number of hydrogen-bond acceptors (Lipinski definition) is 6. The van der Waals surface area contributed by atoms with Crippen molar-refractivity contribution in [1.82, 2.24) is 10.2 Å². The highest BCUT2D eigenvalue weighted by Gasteiger charge is 2.48. The quantitative estimate of drug-likeness (QED) is 0.273. The second-order valence-electron chi connectivity index (χ2n) is 11.4. The summed E-state index contributed by atoms with van der Waals surface area (Å²) in [5.74, 6) is 0.0378. The molecule has 1 saturated heterocycles. The lowest BCUT2D eigenvalue weighted by atomic mass is 9.86. The third-order valence-electron chi connectivity index (χ3n) is 8.09. The Bertz CT molecular complexity index is 1160. The van der Waals surface area contributed by atoms with Crippen LogP contribution in [0.15, 0.2) is 48.5 Å². The molecule has 0 bridgehead atoms. The molecule has 8 nitrogen and oxygen atoms in total. The molecule has 2 aliphatic heterocycles. The van der Waals surface area contributed by atoms with Gasteiger partial charge in [0, 0.05) is 49.3 Å². The van der Waals surface area contributed by atoms with Crippen molar-refractivity contribution < 1.29 is 28.3 Å². The summed E-state index contributed by atoms with van der Waals surface area (Å²) in [6.45, 7) is 6.36. The van der Waals surface area contributed by atoms with Crippen LogP contribution in [0.2, 0.25) is 18.6 Å². The number of ether oxygens (including phenoxy) is 2. The number of rotatable bonds is 11. The fraction of sp³-hybridized carbons (Fsp3) is 0.533. The van der Waals surface area contributed by atoms with Crippen LogP contribution in [0.4, 0.5) is 9.80 Å². The molecule has 0 aromatic heterocycles. The zero-order valence-corrected chi connectivity index (χ0v) is 24.9.